The Labute approximate surface area is 208 Å². The summed E-state index contributed by atoms with van der Waals surface area (Å²) in [7, 11) is 1.66. The Morgan fingerprint density at radius 1 is 1.29 bits per heavy atom. The fraction of sp³-hybridized carbons (Fsp3) is 0.731. The zero-order chi connectivity index (χ0) is 26.0. The Balaban J connectivity index is 2.15. The Morgan fingerprint density at radius 2 is 2.03 bits per heavy atom. The number of amides is 1. The van der Waals surface area contributed by atoms with E-state index in [2.05, 4.69) is 24.1 Å². The zero-order valence-corrected chi connectivity index (χ0v) is 21.9. The molecule has 198 valence electrons. The molecule has 2 heterocycles. The molecule has 1 unspecified atom stereocenters. The monoisotopic (exact) mass is 494 g/mol. The maximum absolute atomic E-state index is 13.0. The Hall–Kier alpha value is -2.23. The highest BCUT2D eigenvalue weighted by Crippen LogP contribution is 2.24. The molecule has 35 heavy (non-hydrogen) atoms. The molecule has 0 bridgehead atoms. The largest absolute Gasteiger partial charge is 0.505 e. The molecule has 1 aromatic heterocycles. The first kappa shape index (κ1) is 29.0. The van der Waals surface area contributed by atoms with Crippen LogP contribution in [0.15, 0.2) is 12.3 Å². The van der Waals surface area contributed by atoms with Crippen molar-refractivity contribution in [1.82, 2.24) is 10.3 Å². The highest BCUT2D eigenvalue weighted by molar-refractivity contribution is 5.97. The van der Waals surface area contributed by atoms with Crippen molar-refractivity contribution < 1.29 is 33.6 Å². The summed E-state index contributed by atoms with van der Waals surface area (Å²) in [5, 5.41) is 13.1. The number of nitrogens with one attached hydrogen (secondary N) is 1. The van der Waals surface area contributed by atoms with E-state index in [0.717, 1.165) is 0 Å². The third kappa shape index (κ3) is 8.74. The molecule has 0 spiro atoms. The number of cyclic esters (lactones) is 1. The minimum Gasteiger partial charge on any atom is -0.505 e. The number of carbonyl (C=O) groups excluding carboxylic acids is 2. The van der Waals surface area contributed by atoms with Crippen LogP contribution in [0.5, 0.6) is 5.75 Å². The van der Waals surface area contributed by atoms with Gasteiger partial charge in [0.25, 0.3) is 5.91 Å². The number of aryl methyl sites for hydroxylation is 1. The van der Waals surface area contributed by atoms with Crippen LogP contribution in [-0.4, -0.2) is 72.7 Å². The van der Waals surface area contributed by atoms with Crippen LogP contribution < -0.4 is 5.32 Å². The van der Waals surface area contributed by atoms with E-state index in [1.807, 2.05) is 13.8 Å². The topological polar surface area (TPSA) is 116 Å². The number of methoxy groups -OCH3 is 1. The van der Waals surface area contributed by atoms with Crippen molar-refractivity contribution in [3.05, 3.63) is 23.5 Å². The van der Waals surface area contributed by atoms with Gasteiger partial charge in [-0.1, -0.05) is 20.8 Å². The number of esters is 1. The van der Waals surface area contributed by atoms with E-state index in [1.54, 1.807) is 20.1 Å². The van der Waals surface area contributed by atoms with Gasteiger partial charge < -0.3 is 29.4 Å². The first-order valence-corrected chi connectivity index (χ1v) is 12.6. The van der Waals surface area contributed by atoms with Gasteiger partial charge in [-0.25, -0.2) is 9.78 Å². The van der Waals surface area contributed by atoms with E-state index in [0.29, 0.717) is 56.8 Å². The number of aromatic hydroxyl groups is 1. The molecule has 1 aliphatic heterocycles. The lowest BCUT2D eigenvalue weighted by molar-refractivity contribution is -0.169. The van der Waals surface area contributed by atoms with Crippen LogP contribution in [0.25, 0.3) is 0 Å². The van der Waals surface area contributed by atoms with Crippen LogP contribution in [0.4, 0.5) is 0 Å². The maximum Gasteiger partial charge on any atom is 0.329 e. The van der Waals surface area contributed by atoms with Gasteiger partial charge in [0, 0.05) is 26.5 Å². The third-order valence-corrected chi connectivity index (χ3v) is 6.19. The number of hydrogen-bond acceptors (Lipinski definition) is 8. The Morgan fingerprint density at radius 3 is 2.69 bits per heavy atom. The fourth-order valence-corrected chi connectivity index (χ4v) is 3.97. The van der Waals surface area contributed by atoms with E-state index >= 15 is 0 Å². The molecule has 9 heteroatoms. The normalized spacial score (nSPS) is 24.3. The third-order valence-electron chi connectivity index (χ3n) is 6.19. The van der Waals surface area contributed by atoms with Gasteiger partial charge in [-0.05, 0) is 63.5 Å². The summed E-state index contributed by atoms with van der Waals surface area (Å²) in [5.74, 6) is -0.972. The predicted molar refractivity (Wildman–Crippen MR) is 131 cm³/mol. The number of hydrogen-bond donors (Lipinski definition) is 2. The van der Waals surface area contributed by atoms with E-state index in [9.17, 15) is 14.7 Å². The van der Waals surface area contributed by atoms with Gasteiger partial charge in [0.15, 0.2) is 5.69 Å². The molecule has 5 atom stereocenters. The van der Waals surface area contributed by atoms with E-state index in [4.69, 9.17) is 18.9 Å². The van der Waals surface area contributed by atoms with Gasteiger partial charge in [-0.15, -0.1) is 0 Å². The van der Waals surface area contributed by atoms with Crippen molar-refractivity contribution in [2.24, 2.45) is 5.92 Å². The smallest absolute Gasteiger partial charge is 0.329 e. The van der Waals surface area contributed by atoms with Crippen molar-refractivity contribution in [2.75, 3.05) is 20.3 Å². The molecular weight excluding hydrogens is 452 g/mol. The number of ether oxygens (including phenoxy) is 4. The SMILES string of the molecule is CCc1ccnc(C(=O)N[C@H]2CCC[C@H](OCC(C)C)[C@@H](OCCC(C)OC)[C@H](C)OC2=O)c1O. The Bertz CT molecular complexity index is 817. The molecule has 1 saturated heterocycles. The van der Waals surface area contributed by atoms with Crippen molar-refractivity contribution >= 4 is 11.9 Å². The first-order chi connectivity index (χ1) is 16.7. The minimum atomic E-state index is -0.866. The summed E-state index contributed by atoms with van der Waals surface area (Å²) < 4.78 is 23.4. The molecule has 2 rings (SSSR count). The van der Waals surface area contributed by atoms with E-state index < -0.39 is 30.1 Å². The molecule has 9 nitrogen and oxygen atoms in total. The Kier molecular flexibility index (Phi) is 11.9. The lowest BCUT2D eigenvalue weighted by Gasteiger charge is -2.31. The molecule has 1 aliphatic rings. The summed E-state index contributed by atoms with van der Waals surface area (Å²) in [4.78, 5) is 29.9. The molecule has 0 aromatic carbocycles. The second-order valence-corrected chi connectivity index (χ2v) is 9.56. The van der Waals surface area contributed by atoms with E-state index in [-0.39, 0.29) is 23.7 Å². The molecular formula is C26H42N2O7. The second-order valence-electron chi connectivity index (χ2n) is 9.56. The van der Waals surface area contributed by atoms with Crippen LogP contribution in [0.2, 0.25) is 0 Å². The summed E-state index contributed by atoms with van der Waals surface area (Å²) in [6.45, 7) is 10.8. The van der Waals surface area contributed by atoms with Gasteiger partial charge in [0.05, 0.1) is 12.2 Å². The van der Waals surface area contributed by atoms with Gasteiger partial charge in [0.1, 0.15) is 24.0 Å². The van der Waals surface area contributed by atoms with E-state index in [1.165, 1.54) is 6.20 Å². The van der Waals surface area contributed by atoms with Gasteiger partial charge in [-0.3, -0.25) is 4.79 Å². The average molecular weight is 495 g/mol. The van der Waals surface area contributed by atoms with Crippen molar-refractivity contribution in [1.29, 1.82) is 0 Å². The molecule has 0 radical (unpaired) electrons. The van der Waals surface area contributed by atoms with Crippen molar-refractivity contribution in [2.45, 2.75) is 97.2 Å². The molecule has 0 saturated carbocycles. The lowest BCUT2D eigenvalue weighted by Crippen LogP contribution is -2.46. The summed E-state index contributed by atoms with van der Waals surface area (Å²) >= 11 is 0. The minimum absolute atomic E-state index is 0.0510. The lowest BCUT2D eigenvalue weighted by atomic mass is 10.0. The van der Waals surface area contributed by atoms with Gasteiger partial charge >= 0.3 is 5.97 Å². The van der Waals surface area contributed by atoms with Crippen molar-refractivity contribution in [3.8, 4) is 5.75 Å². The number of rotatable bonds is 11. The van der Waals surface area contributed by atoms with Crippen LogP contribution in [0, 0.1) is 5.92 Å². The molecule has 1 aromatic rings. The highest BCUT2D eigenvalue weighted by Gasteiger charge is 2.36. The molecule has 1 fully saturated rings. The predicted octanol–water partition coefficient (Wildman–Crippen LogP) is 3.42. The fourth-order valence-electron chi connectivity index (χ4n) is 3.97. The molecule has 1 amide bonds. The molecule has 0 aliphatic carbocycles. The molecule has 2 N–H and O–H groups in total. The van der Waals surface area contributed by atoms with Crippen LogP contribution in [0.1, 0.15) is 76.4 Å². The van der Waals surface area contributed by atoms with Crippen LogP contribution >= 0.6 is 0 Å². The van der Waals surface area contributed by atoms with Crippen LogP contribution in [0.3, 0.4) is 0 Å². The van der Waals surface area contributed by atoms with Crippen LogP contribution in [-0.2, 0) is 30.2 Å². The highest BCUT2D eigenvalue weighted by atomic mass is 16.6. The maximum atomic E-state index is 13.0. The first-order valence-electron chi connectivity index (χ1n) is 12.6. The van der Waals surface area contributed by atoms with Gasteiger partial charge in [-0.2, -0.15) is 0 Å². The number of carbonyl (C=O) groups is 2. The summed E-state index contributed by atoms with van der Waals surface area (Å²) in [6.07, 6.45) is 3.16. The number of aromatic nitrogens is 1. The summed E-state index contributed by atoms with van der Waals surface area (Å²) in [5.41, 5.74) is 0.514. The standard InChI is InChI=1S/C26H42N2O7/c1-7-19-11-13-27-22(23(19)29)25(30)28-20-9-8-10-21(34-15-16(2)3)24(18(5)35-26(20)31)33-14-12-17(4)32-6/h11,13,16-18,20-21,24,29H,7-10,12,14-15H2,1-6H3,(H,28,30)/t17?,18-,20-,21-,24-/m0/s1. The van der Waals surface area contributed by atoms with Crippen molar-refractivity contribution in [3.63, 3.8) is 0 Å². The second kappa shape index (κ2) is 14.4. The quantitative estimate of drug-likeness (QED) is 0.450. The number of nitrogens with zero attached hydrogens (tertiary/aromatic N) is 1. The number of pyridine rings is 1. The van der Waals surface area contributed by atoms with Gasteiger partial charge in [0.2, 0.25) is 0 Å². The summed E-state index contributed by atoms with van der Waals surface area (Å²) in [6, 6.07) is 0.793. The average Bonchev–Trinajstić information content (AvgIpc) is 2.87. The zero-order valence-electron chi connectivity index (χ0n) is 21.9.